The van der Waals surface area contributed by atoms with E-state index in [1.54, 1.807) is 0 Å². The zero-order valence-corrected chi connectivity index (χ0v) is 13.3. The fraction of sp³-hybridized carbons (Fsp3) is 0.368. The van der Waals surface area contributed by atoms with Gasteiger partial charge < -0.3 is 5.11 Å². The van der Waals surface area contributed by atoms with E-state index in [2.05, 4.69) is 65.8 Å². The van der Waals surface area contributed by atoms with E-state index in [1.165, 1.54) is 27.8 Å². The minimum absolute atomic E-state index is 0.548. The molecule has 2 aromatic carbocycles. The van der Waals surface area contributed by atoms with Gasteiger partial charge in [-0.15, -0.1) is 0 Å². The van der Waals surface area contributed by atoms with Crippen LogP contribution in [0.2, 0.25) is 0 Å². The summed E-state index contributed by atoms with van der Waals surface area (Å²) in [4.78, 5) is 0. The Morgan fingerprint density at radius 2 is 1.30 bits per heavy atom. The van der Waals surface area contributed by atoms with Crippen molar-refractivity contribution in [3.05, 3.63) is 68.8 Å². The van der Waals surface area contributed by atoms with Crippen LogP contribution in [0.3, 0.4) is 0 Å². The minimum Gasteiger partial charge on any atom is -0.384 e. The van der Waals surface area contributed by atoms with Crippen LogP contribution in [0, 0.1) is 41.5 Å². The second-order valence-electron chi connectivity index (χ2n) is 5.94. The van der Waals surface area contributed by atoms with Gasteiger partial charge in [0.1, 0.15) is 6.10 Å². The summed E-state index contributed by atoms with van der Waals surface area (Å²) >= 11 is 0. The van der Waals surface area contributed by atoms with Gasteiger partial charge in [-0.25, -0.2) is 0 Å². The standard InChI is InChI=1S/C19H24O/c1-11-7-8-12(2)17(9-11)19(20)18-15(5)13(3)10-14(4)16(18)6/h7-10,19-20H,1-6H3. The Balaban J connectivity index is 2.65. The molecule has 1 N–H and O–H groups in total. The molecule has 0 bridgehead atoms. The molecule has 0 radical (unpaired) electrons. The van der Waals surface area contributed by atoms with E-state index >= 15 is 0 Å². The summed E-state index contributed by atoms with van der Waals surface area (Å²) in [7, 11) is 0. The second kappa shape index (κ2) is 5.41. The maximum Gasteiger partial charge on any atom is 0.105 e. The molecule has 1 heteroatoms. The van der Waals surface area contributed by atoms with Crippen molar-refractivity contribution in [2.24, 2.45) is 0 Å². The van der Waals surface area contributed by atoms with E-state index in [0.29, 0.717) is 0 Å². The van der Waals surface area contributed by atoms with Crippen LogP contribution in [0.4, 0.5) is 0 Å². The molecule has 0 aliphatic heterocycles. The van der Waals surface area contributed by atoms with Gasteiger partial charge in [0.05, 0.1) is 0 Å². The van der Waals surface area contributed by atoms with E-state index < -0.39 is 6.10 Å². The number of rotatable bonds is 2. The Morgan fingerprint density at radius 3 is 1.85 bits per heavy atom. The largest absolute Gasteiger partial charge is 0.384 e. The zero-order chi connectivity index (χ0) is 15.0. The number of hydrogen-bond donors (Lipinski definition) is 1. The maximum absolute atomic E-state index is 10.9. The van der Waals surface area contributed by atoms with Crippen LogP contribution in [0.25, 0.3) is 0 Å². The molecule has 0 saturated carbocycles. The molecule has 0 saturated heterocycles. The van der Waals surface area contributed by atoms with E-state index in [9.17, 15) is 5.11 Å². The van der Waals surface area contributed by atoms with E-state index in [0.717, 1.165) is 16.7 Å². The smallest absolute Gasteiger partial charge is 0.105 e. The van der Waals surface area contributed by atoms with Crippen LogP contribution in [-0.2, 0) is 0 Å². The van der Waals surface area contributed by atoms with Crippen molar-refractivity contribution in [2.75, 3.05) is 0 Å². The number of aliphatic hydroxyl groups is 1. The van der Waals surface area contributed by atoms with Crippen molar-refractivity contribution >= 4 is 0 Å². The van der Waals surface area contributed by atoms with Crippen molar-refractivity contribution in [3.8, 4) is 0 Å². The molecule has 0 fully saturated rings. The van der Waals surface area contributed by atoms with Gasteiger partial charge in [0.15, 0.2) is 0 Å². The molecule has 1 unspecified atom stereocenters. The predicted molar refractivity (Wildman–Crippen MR) is 85.4 cm³/mol. The topological polar surface area (TPSA) is 20.2 Å². The van der Waals surface area contributed by atoms with Gasteiger partial charge in [0.25, 0.3) is 0 Å². The van der Waals surface area contributed by atoms with Crippen LogP contribution in [0.15, 0.2) is 24.3 Å². The van der Waals surface area contributed by atoms with E-state index in [-0.39, 0.29) is 0 Å². The van der Waals surface area contributed by atoms with Crippen molar-refractivity contribution in [1.29, 1.82) is 0 Å². The fourth-order valence-electron chi connectivity index (χ4n) is 2.87. The van der Waals surface area contributed by atoms with Crippen molar-refractivity contribution in [1.82, 2.24) is 0 Å². The van der Waals surface area contributed by atoms with Gasteiger partial charge in [-0.2, -0.15) is 0 Å². The van der Waals surface area contributed by atoms with Crippen molar-refractivity contribution in [3.63, 3.8) is 0 Å². The third kappa shape index (κ3) is 2.51. The van der Waals surface area contributed by atoms with Gasteiger partial charge in [0, 0.05) is 0 Å². The molecule has 0 aliphatic rings. The van der Waals surface area contributed by atoms with Crippen LogP contribution >= 0.6 is 0 Å². The van der Waals surface area contributed by atoms with Crippen molar-refractivity contribution in [2.45, 2.75) is 47.6 Å². The van der Waals surface area contributed by atoms with Crippen molar-refractivity contribution < 1.29 is 5.11 Å². The summed E-state index contributed by atoms with van der Waals surface area (Å²) < 4.78 is 0. The molecule has 106 valence electrons. The van der Waals surface area contributed by atoms with E-state index in [4.69, 9.17) is 0 Å². The number of benzene rings is 2. The van der Waals surface area contributed by atoms with Crippen LogP contribution in [0.5, 0.6) is 0 Å². The summed E-state index contributed by atoms with van der Waals surface area (Å²) in [6, 6.07) is 8.47. The molecule has 0 aliphatic carbocycles. The molecule has 20 heavy (non-hydrogen) atoms. The van der Waals surface area contributed by atoms with Gasteiger partial charge >= 0.3 is 0 Å². The highest BCUT2D eigenvalue weighted by molar-refractivity contribution is 5.49. The summed E-state index contributed by atoms with van der Waals surface area (Å²) in [5.74, 6) is 0. The van der Waals surface area contributed by atoms with Gasteiger partial charge in [-0.05, 0) is 80.5 Å². The predicted octanol–water partition coefficient (Wildman–Crippen LogP) is 4.62. The highest BCUT2D eigenvalue weighted by Gasteiger charge is 2.19. The van der Waals surface area contributed by atoms with Crippen LogP contribution < -0.4 is 0 Å². The highest BCUT2D eigenvalue weighted by Crippen LogP contribution is 2.33. The Kier molecular flexibility index (Phi) is 4.01. The number of aryl methyl sites for hydroxylation is 4. The zero-order valence-electron chi connectivity index (χ0n) is 13.3. The SMILES string of the molecule is Cc1ccc(C)c(C(O)c2c(C)c(C)cc(C)c2C)c1. The molecular formula is C19H24O. The molecular weight excluding hydrogens is 244 g/mol. The normalized spacial score (nSPS) is 12.6. The Hall–Kier alpha value is -1.60. The first-order valence-corrected chi connectivity index (χ1v) is 7.15. The Bertz CT molecular complexity index is 627. The van der Waals surface area contributed by atoms with E-state index in [1.807, 2.05) is 0 Å². The maximum atomic E-state index is 10.9. The van der Waals surface area contributed by atoms with Crippen LogP contribution in [0.1, 0.15) is 50.6 Å². The second-order valence-corrected chi connectivity index (χ2v) is 5.94. The number of aliphatic hydroxyl groups excluding tert-OH is 1. The first-order valence-electron chi connectivity index (χ1n) is 7.15. The molecule has 1 nitrogen and oxygen atoms in total. The first-order chi connectivity index (χ1) is 9.32. The Labute approximate surface area is 122 Å². The molecule has 2 rings (SSSR count). The summed E-state index contributed by atoms with van der Waals surface area (Å²) in [6.07, 6.45) is -0.548. The minimum atomic E-state index is -0.548. The average molecular weight is 268 g/mol. The Morgan fingerprint density at radius 1 is 0.750 bits per heavy atom. The van der Waals surface area contributed by atoms with Crippen LogP contribution in [-0.4, -0.2) is 5.11 Å². The molecule has 0 heterocycles. The number of hydrogen-bond acceptors (Lipinski definition) is 1. The first kappa shape index (κ1) is 14.8. The third-order valence-electron chi connectivity index (χ3n) is 4.43. The fourth-order valence-corrected chi connectivity index (χ4v) is 2.87. The summed E-state index contributed by atoms with van der Waals surface area (Å²) in [5, 5.41) is 10.9. The average Bonchev–Trinajstić information content (AvgIpc) is 2.39. The monoisotopic (exact) mass is 268 g/mol. The lowest BCUT2D eigenvalue weighted by atomic mass is 9.86. The van der Waals surface area contributed by atoms with Gasteiger partial charge in [-0.3, -0.25) is 0 Å². The van der Waals surface area contributed by atoms with Gasteiger partial charge in [-0.1, -0.05) is 29.8 Å². The lowest BCUT2D eigenvalue weighted by molar-refractivity contribution is 0.217. The quantitative estimate of drug-likeness (QED) is 0.842. The molecule has 2 aromatic rings. The highest BCUT2D eigenvalue weighted by atomic mass is 16.3. The summed E-state index contributed by atoms with van der Waals surface area (Å²) in [6.45, 7) is 12.6. The van der Waals surface area contributed by atoms with Gasteiger partial charge in [0.2, 0.25) is 0 Å². The molecule has 0 amide bonds. The lowest BCUT2D eigenvalue weighted by Crippen LogP contribution is -2.09. The molecule has 0 aromatic heterocycles. The third-order valence-corrected chi connectivity index (χ3v) is 4.43. The molecule has 0 spiro atoms. The lowest BCUT2D eigenvalue weighted by Gasteiger charge is -2.22. The molecule has 1 atom stereocenters. The summed E-state index contributed by atoms with van der Waals surface area (Å²) in [5.41, 5.74) is 9.28.